The van der Waals surface area contributed by atoms with Crippen LogP contribution >= 0.6 is 11.6 Å². The number of aryl methyl sites for hydroxylation is 1. The molecule has 0 aliphatic heterocycles. The standard InChI is InChI=1S/C17H17ClN2O/c1-12(2-3-13-4-7-15(21)8-5-13)20-17-9-6-14(11-19)10-16(17)18/h4-10,12,20-21H,2-3H2,1H3. The largest absolute Gasteiger partial charge is 0.508 e. The summed E-state index contributed by atoms with van der Waals surface area (Å²) < 4.78 is 0. The van der Waals surface area contributed by atoms with Crippen molar-refractivity contribution in [2.24, 2.45) is 0 Å². The van der Waals surface area contributed by atoms with E-state index in [9.17, 15) is 5.11 Å². The highest BCUT2D eigenvalue weighted by atomic mass is 35.5. The molecule has 2 rings (SSSR count). The summed E-state index contributed by atoms with van der Waals surface area (Å²) in [6.45, 7) is 2.09. The predicted octanol–water partition coefficient (Wildman–Crippen LogP) is 4.35. The number of rotatable bonds is 5. The van der Waals surface area contributed by atoms with Crippen molar-refractivity contribution >= 4 is 17.3 Å². The molecule has 0 saturated carbocycles. The van der Waals surface area contributed by atoms with Crippen molar-refractivity contribution in [3.05, 3.63) is 58.6 Å². The Morgan fingerprint density at radius 2 is 1.95 bits per heavy atom. The SMILES string of the molecule is CC(CCc1ccc(O)cc1)Nc1ccc(C#N)cc1Cl. The number of hydrogen-bond donors (Lipinski definition) is 2. The summed E-state index contributed by atoms with van der Waals surface area (Å²) in [6, 6.07) is 14.8. The molecule has 0 heterocycles. The van der Waals surface area contributed by atoms with Gasteiger partial charge in [-0.05, 0) is 55.7 Å². The maximum Gasteiger partial charge on any atom is 0.115 e. The molecule has 108 valence electrons. The Labute approximate surface area is 129 Å². The van der Waals surface area contributed by atoms with E-state index in [0.717, 1.165) is 18.5 Å². The Hall–Kier alpha value is -2.18. The number of phenolic OH excluding ortho intramolecular Hbond substituents is 1. The highest BCUT2D eigenvalue weighted by molar-refractivity contribution is 6.33. The molecule has 1 atom stereocenters. The zero-order valence-corrected chi connectivity index (χ0v) is 12.6. The molecule has 0 spiro atoms. The fourth-order valence-corrected chi connectivity index (χ4v) is 2.32. The summed E-state index contributed by atoms with van der Waals surface area (Å²) >= 11 is 6.15. The number of anilines is 1. The van der Waals surface area contributed by atoms with E-state index in [1.165, 1.54) is 5.56 Å². The lowest BCUT2D eigenvalue weighted by Crippen LogP contribution is -2.16. The minimum absolute atomic E-state index is 0.254. The van der Waals surface area contributed by atoms with Gasteiger partial charge in [0.25, 0.3) is 0 Å². The third-order valence-electron chi connectivity index (χ3n) is 3.30. The number of nitrogens with one attached hydrogen (secondary N) is 1. The summed E-state index contributed by atoms with van der Waals surface area (Å²) in [5, 5.41) is 22.0. The zero-order valence-electron chi connectivity index (χ0n) is 11.8. The third-order valence-corrected chi connectivity index (χ3v) is 3.62. The first-order chi connectivity index (χ1) is 10.1. The van der Waals surface area contributed by atoms with Crippen molar-refractivity contribution in [1.29, 1.82) is 5.26 Å². The second-order valence-corrected chi connectivity index (χ2v) is 5.46. The van der Waals surface area contributed by atoms with E-state index < -0.39 is 0 Å². The molecule has 0 radical (unpaired) electrons. The van der Waals surface area contributed by atoms with Gasteiger partial charge in [0.1, 0.15) is 5.75 Å². The van der Waals surface area contributed by atoms with Crippen LogP contribution in [-0.2, 0) is 6.42 Å². The van der Waals surface area contributed by atoms with Crippen LogP contribution in [0.2, 0.25) is 5.02 Å². The van der Waals surface area contributed by atoms with E-state index in [1.807, 2.05) is 18.2 Å². The molecule has 0 amide bonds. The Balaban J connectivity index is 1.91. The van der Waals surface area contributed by atoms with E-state index in [2.05, 4.69) is 18.3 Å². The molecule has 0 fully saturated rings. The highest BCUT2D eigenvalue weighted by Crippen LogP contribution is 2.24. The fourth-order valence-electron chi connectivity index (χ4n) is 2.09. The van der Waals surface area contributed by atoms with Gasteiger partial charge < -0.3 is 10.4 Å². The van der Waals surface area contributed by atoms with Crippen LogP contribution in [0, 0.1) is 11.3 Å². The highest BCUT2D eigenvalue weighted by Gasteiger charge is 2.07. The van der Waals surface area contributed by atoms with Gasteiger partial charge in [-0.3, -0.25) is 0 Å². The fraction of sp³-hybridized carbons (Fsp3) is 0.235. The van der Waals surface area contributed by atoms with Gasteiger partial charge in [-0.15, -0.1) is 0 Å². The summed E-state index contributed by atoms with van der Waals surface area (Å²) in [6.07, 6.45) is 1.86. The summed E-state index contributed by atoms with van der Waals surface area (Å²) in [7, 11) is 0. The molecule has 0 saturated heterocycles. The van der Waals surface area contributed by atoms with Gasteiger partial charge in [0.05, 0.1) is 22.3 Å². The van der Waals surface area contributed by atoms with Gasteiger partial charge in [-0.2, -0.15) is 5.26 Å². The predicted molar refractivity (Wildman–Crippen MR) is 85.7 cm³/mol. The average Bonchev–Trinajstić information content (AvgIpc) is 2.48. The molecular weight excluding hydrogens is 284 g/mol. The smallest absolute Gasteiger partial charge is 0.115 e. The van der Waals surface area contributed by atoms with Crippen molar-refractivity contribution in [3.63, 3.8) is 0 Å². The Morgan fingerprint density at radius 3 is 2.57 bits per heavy atom. The van der Waals surface area contributed by atoms with Crippen molar-refractivity contribution < 1.29 is 5.11 Å². The Kier molecular flexibility index (Phi) is 5.08. The first-order valence-corrected chi connectivity index (χ1v) is 7.20. The number of nitriles is 1. The molecular formula is C17H17ClN2O. The molecule has 0 aliphatic carbocycles. The van der Waals surface area contributed by atoms with Crippen LogP contribution in [0.15, 0.2) is 42.5 Å². The lowest BCUT2D eigenvalue weighted by Gasteiger charge is -2.16. The normalized spacial score (nSPS) is 11.7. The number of hydrogen-bond acceptors (Lipinski definition) is 3. The first-order valence-electron chi connectivity index (χ1n) is 6.82. The van der Waals surface area contributed by atoms with E-state index in [1.54, 1.807) is 24.3 Å². The average molecular weight is 301 g/mol. The Bertz CT molecular complexity index is 647. The van der Waals surface area contributed by atoms with Gasteiger partial charge in [0.15, 0.2) is 0 Å². The van der Waals surface area contributed by atoms with Gasteiger partial charge in [0.2, 0.25) is 0 Å². The lowest BCUT2D eigenvalue weighted by atomic mass is 10.1. The second kappa shape index (κ2) is 7.01. The van der Waals surface area contributed by atoms with Gasteiger partial charge >= 0.3 is 0 Å². The molecule has 2 aromatic carbocycles. The first kappa shape index (κ1) is 15.2. The van der Waals surface area contributed by atoms with Crippen molar-refractivity contribution in [2.75, 3.05) is 5.32 Å². The minimum atomic E-state index is 0.254. The van der Waals surface area contributed by atoms with Crippen LogP contribution in [0.1, 0.15) is 24.5 Å². The molecule has 2 aromatic rings. The number of phenols is 1. The topological polar surface area (TPSA) is 56.0 Å². The second-order valence-electron chi connectivity index (χ2n) is 5.06. The molecule has 4 heteroatoms. The third kappa shape index (κ3) is 4.40. The van der Waals surface area contributed by atoms with Crippen LogP contribution < -0.4 is 5.32 Å². The molecule has 21 heavy (non-hydrogen) atoms. The van der Waals surface area contributed by atoms with Crippen molar-refractivity contribution in [1.82, 2.24) is 0 Å². The number of benzene rings is 2. The number of nitrogens with zero attached hydrogens (tertiary/aromatic N) is 1. The summed E-state index contributed by atoms with van der Waals surface area (Å²) in [5.74, 6) is 0.286. The maximum absolute atomic E-state index is 9.25. The van der Waals surface area contributed by atoms with Crippen molar-refractivity contribution in [3.8, 4) is 11.8 Å². The van der Waals surface area contributed by atoms with E-state index in [0.29, 0.717) is 10.6 Å². The van der Waals surface area contributed by atoms with Crippen LogP contribution in [0.3, 0.4) is 0 Å². The quantitative estimate of drug-likeness (QED) is 0.863. The van der Waals surface area contributed by atoms with Crippen molar-refractivity contribution in [2.45, 2.75) is 25.8 Å². The monoisotopic (exact) mass is 300 g/mol. The molecule has 0 aliphatic rings. The van der Waals surface area contributed by atoms with Crippen LogP contribution in [0.5, 0.6) is 5.75 Å². The van der Waals surface area contributed by atoms with Gasteiger partial charge in [0, 0.05) is 6.04 Å². The Morgan fingerprint density at radius 1 is 1.24 bits per heavy atom. The minimum Gasteiger partial charge on any atom is -0.508 e. The lowest BCUT2D eigenvalue weighted by molar-refractivity contribution is 0.475. The summed E-state index contributed by atoms with van der Waals surface area (Å²) in [4.78, 5) is 0. The molecule has 0 bridgehead atoms. The zero-order chi connectivity index (χ0) is 15.2. The van der Waals surface area contributed by atoms with E-state index in [-0.39, 0.29) is 11.8 Å². The molecule has 0 aromatic heterocycles. The van der Waals surface area contributed by atoms with Gasteiger partial charge in [-0.1, -0.05) is 23.7 Å². The molecule has 2 N–H and O–H groups in total. The van der Waals surface area contributed by atoms with Crippen LogP contribution in [0.25, 0.3) is 0 Å². The van der Waals surface area contributed by atoms with E-state index in [4.69, 9.17) is 16.9 Å². The summed E-state index contributed by atoms with van der Waals surface area (Å²) in [5.41, 5.74) is 2.59. The maximum atomic E-state index is 9.25. The van der Waals surface area contributed by atoms with Crippen LogP contribution in [-0.4, -0.2) is 11.1 Å². The van der Waals surface area contributed by atoms with Crippen LogP contribution in [0.4, 0.5) is 5.69 Å². The molecule has 1 unspecified atom stereocenters. The number of aromatic hydroxyl groups is 1. The van der Waals surface area contributed by atoms with Gasteiger partial charge in [-0.25, -0.2) is 0 Å². The number of halogens is 1. The van der Waals surface area contributed by atoms with E-state index >= 15 is 0 Å². The molecule has 3 nitrogen and oxygen atoms in total.